The molecule has 116 valence electrons. The lowest BCUT2D eigenvalue weighted by atomic mass is 10.1. The van der Waals surface area contributed by atoms with E-state index in [0.29, 0.717) is 6.54 Å². The van der Waals surface area contributed by atoms with Gasteiger partial charge < -0.3 is 15.2 Å². The maximum Gasteiger partial charge on any atom is 0.123 e. The molecule has 1 aliphatic heterocycles. The second kappa shape index (κ2) is 6.97. The third kappa shape index (κ3) is 4.33. The quantitative estimate of drug-likeness (QED) is 0.876. The normalized spacial score (nSPS) is 23.2. The molecule has 5 heteroatoms. The molecule has 0 radical (unpaired) electrons. The number of halogens is 1. The molecule has 1 saturated heterocycles. The van der Waals surface area contributed by atoms with E-state index in [1.807, 2.05) is 18.2 Å². The third-order valence-corrected chi connectivity index (χ3v) is 4.31. The van der Waals surface area contributed by atoms with E-state index in [-0.39, 0.29) is 6.10 Å². The highest BCUT2D eigenvalue weighted by atomic mass is 35.5. The van der Waals surface area contributed by atoms with Crippen molar-refractivity contribution >= 4 is 11.6 Å². The van der Waals surface area contributed by atoms with Gasteiger partial charge in [0.05, 0.1) is 19.3 Å². The van der Waals surface area contributed by atoms with E-state index >= 15 is 0 Å². The molecule has 21 heavy (non-hydrogen) atoms. The van der Waals surface area contributed by atoms with E-state index in [4.69, 9.17) is 26.8 Å². The molecule has 2 fully saturated rings. The molecular weight excluding hydrogens is 288 g/mol. The smallest absolute Gasteiger partial charge is 0.123 e. The fourth-order valence-corrected chi connectivity index (χ4v) is 2.81. The van der Waals surface area contributed by atoms with Crippen LogP contribution in [0.15, 0.2) is 18.2 Å². The van der Waals surface area contributed by atoms with E-state index in [2.05, 4.69) is 4.90 Å². The molecule has 1 unspecified atom stereocenters. The SMILES string of the molecule is NCC1CN(Cc2cc(Cl)ccc2OCC2CC2)CCO1. The van der Waals surface area contributed by atoms with Crippen LogP contribution >= 0.6 is 11.6 Å². The lowest BCUT2D eigenvalue weighted by molar-refractivity contribution is -0.0262. The van der Waals surface area contributed by atoms with E-state index in [0.717, 1.165) is 55.1 Å². The van der Waals surface area contributed by atoms with Crippen LogP contribution in [0.4, 0.5) is 0 Å². The first-order valence-corrected chi connectivity index (χ1v) is 8.07. The number of nitrogens with zero attached hydrogens (tertiary/aromatic N) is 1. The molecule has 2 N–H and O–H groups in total. The Labute approximate surface area is 131 Å². The molecule has 0 amide bonds. The highest BCUT2D eigenvalue weighted by molar-refractivity contribution is 6.30. The molecule has 4 nitrogen and oxygen atoms in total. The maximum absolute atomic E-state index is 6.15. The van der Waals surface area contributed by atoms with Crippen molar-refractivity contribution in [3.63, 3.8) is 0 Å². The van der Waals surface area contributed by atoms with Gasteiger partial charge in [0.1, 0.15) is 5.75 Å². The molecule has 0 spiro atoms. The topological polar surface area (TPSA) is 47.7 Å². The first-order chi connectivity index (χ1) is 10.2. The largest absolute Gasteiger partial charge is 0.493 e. The summed E-state index contributed by atoms with van der Waals surface area (Å²) in [6.45, 7) is 4.75. The lowest BCUT2D eigenvalue weighted by Gasteiger charge is -2.32. The highest BCUT2D eigenvalue weighted by Gasteiger charge is 2.23. The van der Waals surface area contributed by atoms with Gasteiger partial charge in [-0.15, -0.1) is 0 Å². The Balaban J connectivity index is 1.65. The zero-order valence-electron chi connectivity index (χ0n) is 12.3. The average molecular weight is 311 g/mol. The van der Waals surface area contributed by atoms with Gasteiger partial charge in [0.2, 0.25) is 0 Å². The molecule has 1 heterocycles. The molecule has 1 aromatic rings. The van der Waals surface area contributed by atoms with Crippen LogP contribution in [0.5, 0.6) is 5.75 Å². The summed E-state index contributed by atoms with van der Waals surface area (Å²) in [5.41, 5.74) is 6.86. The Bertz CT molecular complexity index is 479. The Morgan fingerprint density at radius 2 is 2.24 bits per heavy atom. The Morgan fingerprint density at radius 3 is 3.00 bits per heavy atom. The zero-order chi connectivity index (χ0) is 14.7. The van der Waals surface area contributed by atoms with Gasteiger partial charge in [0.15, 0.2) is 0 Å². The maximum atomic E-state index is 6.15. The number of ether oxygens (including phenoxy) is 2. The second-order valence-electron chi connectivity index (χ2n) is 5.97. The number of benzene rings is 1. The van der Waals surface area contributed by atoms with Crippen LogP contribution in [0.3, 0.4) is 0 Å². The van der Waals surface area contributed by atoms with Crippen molar-refractivity contribution in [2.75, 3.05) is 32.8 Å². The van der Waals surface area contributed by atoms with Crippen LogP contribution in [0.25, 0.3) is 0 Å². The molecule has 1 aromatic carbocycles. The summed E-state index contributed by atoms with van der Waals surface area (Å²) >= 11 is 6.15. The van der Waals surface area contributed by atoms with Gasteiger partial charge in [0, 0.05) is 36.8 Å². The predicted octanol–water partition coefficient (Wildman–Crippen LogP) is 2.29. The Kier molecular flexibility index (Phi) is 5.01. The van der Waals surface area contributed by atoms with Gasteiger partial charge in [-0.1, -0.05) is 11.6 Å². The Morgan fingerprint density at radius 1 is 1.38 bits per heavy atom. The highest BCUT2D eigenvalue weighted by Crippen LogP contribution is 2.31. The second-order valence-corrected chi connectivity index (χ2v) is 6.41. The van der Waals surface area contributed by atoms with Gasteiger partial charge in [-0.2, -0.15) is 0 Å². The lowest BCUT2D eigenvalue weighted by Crippen LogP contribution is -2.45. The van der Waals surface area contributed by atoms with Gasteiger partial charge >= 0.3 is 0 Å². The molecule has 0 bridgehead atoms. The summed E-state index contributed by atoms with van der Waals surface area (Å²) in [6.07, 6.45) is 2.73. The van der Waals surface area contributed by atoms with Gasteiger partial charge in [0.25, 0.3) is 0 Å². The number of hydrogen-bond donors (Lipinski definition) is 1. The van der Waals surface area contributed by atoms with Crippen LogP contribution in [0, 0.1) is 5.92 Å². The van der Waals surface area contributed by atoms with Crippen LogP contribution in [-0.4, -0.2) is 43.9 Å². The van der Waals surface area contributed by atoms with Gasteiger partial charge in [-0.25, -0.2) is 0 Å². The summed E-state index contributed by atoms with van der Waals surface area (Å²) in [7, 11) is 0. The van der Waals surface area contributed by atoms with E-state index in [1.54, 1.807) is 0 Å². The minimum Gasteiger partial charge on any atom is -0.493 e. The zero-order valence-corrected chi connectivity index (χ0v) is 13.0. The molecule has 3 rings (SSSR count). The minimum absolute atomic E-state index is 0.133. The first-order valence-electron chi connectivity index (χ1n) is 7.70. The van der Waals surface area contributed by atoms with Crippen molar-refractivity contribution < 1.29 is 9.47 Å². The van der Waals surface area contributed by atoms with Crippen LogP contribution in [0.2, 0.25) is 5.02 Å². The van der Waals surface area contributed by atoms with E-state index in [9.17, 15) is 0 Å². The van der Waals surface area contributed by atoms with Crippen LogP contribution in [0.1, 0.15) is 18.4 Å². The number of morpholine rings is 1. The third-order valence-electron chi connectivity index (χ3n) is 4.07. The average Bonchev–Trinajstić information content (AvgIpc) is 3.31. The van der Waals surface area contributed by atoms with E-state index in [1.165, 1.54) is 12.8 Å². The fraction of sp³-hybridized carbons (Fsp3) is 0.625. The minimum atomic E-state index is 0.133. The summed E-state index contributed by atoms with van der Waals surface area (Å²) < 4.78 is 11.6. The molecule has 1 aliphatic carbocycles. The molecule has 0 aromatic heterocycles. The molecule has 1 saturated carbocycles. The van der Waals surface area contributed by atoms with Crippen LogP contribution in [-0.2, 0) is 11.3 Å². The fourth-order valence-electron chi connectivity index (χ4n) is 2.61. The Hall–Kier alpha value is -0.810. The standard InChI is InChI=1S/C16H23ClN2O2/c17-14-3-4-16(21-11-12-1-2-12)13(7-14)9-19-5-6-20-15(8-18)10-19/h3-4,7,12,15H,1-2,5-6,8-11,18H2. The summed E-state index contributed by atoms with van der Waals surface area (Å²) in [5.74, 6) is 1.71. The van der Waals surface area contributed by atoms with Crippen molar-refractivity contribution in [3.05, 3.63) is 28.8 Å². The van der Waals surface area contributed by atoms with E-state index < -0.39 is 0 Å². The molecular formula is C16H23ClN2O2. The molecule has 1 atom stereocenters. The first kappa shape index (κ1) is 15.1. The number of nitrogens with two attached hydrogens (primary N) is 1. The van der Waals surface area contributed by atoms with Crippen molar-refractivity contribution in [1.29, 1.82) is 0 Å². The number of rotatable bonds is 6. The van der Waals surface area contributed by atoms with Crippen molar-refractivity contribution in [3.8, 4) is 5.75 Å². The van der Waals surface area contributed by atoms with Crippen LogP contribution < -0.4 is 10.5 Å². The van der Waals surface area contributed by atoms with Gasteiger partial charge in [-0.3, -0.25) is 4.90 Å². The summed E-state index contributed by atoms with van der Waals surface area (Å²) in [5, 5.41) is 0.757. The van der Waals surface area contributed by atoms with Crippen molar-refractivity contribution in [1.82, 2.24) is 4.90 Å². The van der Waals surface area contributed by atoms with Crippen molar-refractivity contribution in [2.24, 2.45) is 11.7 Å². The van der Waals surface area contributed by atoms with Gasteiger partial charge in [-0.05, 0) is 37.0 Å². The number of hydrogen-bond acceptors (Lipinski definition) is 4. The summed E-state index contributed by atoms with van der Waals surface area (Å²) in [4.78, 5) is 2.36. The summed E-state index contributed by atoms with van der Waals surface area (Å²) in [6, 6.07) is 5.90. The van der Waals surface area contributed by atoms with Crippen molar-refractivity contribution in [2.45, 2.75) is 25.5 Å². The predicted molar refractivity (Wildman–Crippen MR) is 83.7 cm³/mol. The molecule has 2 aliphatic rings. The monoisotopic (exact) mass is 310 g/mol.